The van der Waals surface area contributed by atoms with E-state index >= 15 is 0 Å². The second-order valence-corrected chi connectivity index (χ2v) is 4.50. The number of nitrogens with zero attached hydrogens (tertiary/aromatic N) is 1. The highest BCUT2D eigenvalue weighted by Gasteiger charge is 2.34. The first-order valence-electron chi connectivity index (χ1n) is 6.33. The van der Waals surface area contributed by atoms with Gasteiger partial charge in [-0.2, -0.15) is 0 Å². The molecule has 0 aromatic heterocycles. The largest absolute Gasteiger partial charge is 0.459 e. The van der Waals surface area contributed by atoms with E-state index in [1.165, 1.54) is 4.90 Å². The minimum atomic E-state index is -0.567. The highest BCUT2D eigenvalue weighted by Crippen LogP contribution is 2.19. The summed E-state index contributed by atoms with van der Waals surface area (Å²) < 4.78 is 5.22. The maximum atomic E-state index is 12.0. The number of ether oxygens (including phenoxy) is 1. The minimum absolute atomic E-state index is 0.206. The van der Waals surface area contributed by atoms with Crippen molar-refractivity contribution in [1.82, 2.24) is 4.90 Å². The van der Waals surface area contributed by atoms with Crippen LogP contribution < -0.4 is 0 Å². The van der Waals surface area contributed by atoms with E-state index in [-0.39, 0.29) is 6.61 Å². The van der Waals surface area contributed by atoms with E-state index in [4.69, 9.17) is 9.84 Å². The number of amides is 1. The van der Waals surface area contributed by atoms with Crippen molar-refractivity contribution in [2.75, 3.05) is 13.2 Å². The Bertz CT molecular complexity index is 446. The van der Waals surface area contributed by atoms with Gasteiger partial charge in [-0.15, -0.1) is 0 Å². The van der Waals surface area contributed by atoms with Crippen LogP contribution in [0, 0.1) is 0 Å². The fourth-order valence-electron chi connectivity index (χ4n) is 2.23. The molecule has 1 saturated heterocycles. The molecule has 0 unspecified atom stereocenters. The molecular weight excluding hydrogens is 246 g/mol. The summed E-state index contributed by atoms with van der Waals surface area (Å²) in [6.45, 7) is 0.143. The van der Waals surface area contributed by atoms with Gasteiger partial charge in [0.2, 0.25) is 5.91 Å². The molecule has 0 bridgehead atoms. The van der Waals surface area contributed by atoms with Crippen LogP contribution in [-0.2, 0) is 20.9 Å². The van der Waals surface area contributed by atoms with Crippen LogP contribution in [0.15, 0.2) is 30.3 Å². The van der Waals surface area contributed by atoms with E-state index < -0.39 is 24.5 Å². The van der Waals surface area contributed by atoms with Gasteiger partial charge in [-0.1, -0.05) is 30.3 Å². The lowest BCUT2D eigenvalue weighted by Gasteiger charge is -2.22. The first-order valence-corrected chi connectivity index (χ1v) is 6.33. The number of likely N-dealkylation sites (tertiary alicyclic amines) is 1. The fourth-order valence-corrected chi connectivity index (χ4v) is 2.23. The zero-order chi connectivity index (χ0) is 13.7. The zero-order valence-electron chi connectivity index (χ0n) is 10.6. The van der Waals surface area contributed by atoms with Gasteiger partial charge in [0.15, 0.2) is 0 Å². The molecule has 1 atom stereocenters. The van der Waals surface area contributed by atoms with Crippen LogP contribution in [-0.4, -0.2) is 41.1 Å². The minimum Gasteiger partial charge on any atom is -0.459 e. The molecular formula is C14H17NO4. The lowest BCUT2D eigenvalue weighted by Crippen LogP contribution is -2.42. The third kappa shape index (κ3) is 3.32. The third-order valence-corrected chi connectivity index (χ3v) is 3.20. The van der Waals surface area contributed by atoms with Gasteiger partial charge in [0.25, 0.3) is 0 Å². The van der Waals surface area contributed by atoms with E-state index in [1.54, 1.807) is 0 Å². The average Bonchev–Trinajstić information content (AvgIpc) is 2.94. The van der Waals surface area contributed by atoms with Crippen molar-refractivity contribution in [3.8, 4) is 0 Å². The monoisotopic (exact) mass is 263 g/mol. The predicted molar refractivity (Wildman–Crippen MR) is 68.1 cm³/mol. The zero-order valence-corrected chi connectivity index (χ0v) is 10.6. The topological polar surface area (TPSA) is 66.8 Å². The Morgan fingerprint density at radius 3 is 2.74 bits per heavy atom. The second-order valence-electron chi connectivity index (χ2n) is 4.50. The van der Waals surface area contributed by atoms with Crippen LogP contribution in [0.3, 0.4) is 0 Å². The van der Waals surface area contributed by atoms with Crippen molar-refractivity contribution in [3.63, 3.8) is 0 Å². The Morgan fingerprint density at radius 1 is 1.32 bits per heavy atom. The SMILES string of the molecule is O=C(OCc1ccccc1)[C@@H]1CCCN1C(=O)CO. The lowest BCUT2D eigenvalue weighted by atomic mass is 10.2. The maximum absolute atomic E-state index is 12.0. The van der Waals surface area contributed by atoms with E-state index in [0.717, 1.165) is 12.0 Å². The second kappa shape index (κ2) is 6.33. The van der Waals surface area contributed by atoms with E-state index in [2.05, 4.69) is 0 Å². The van der Waals surface area contributed by atoms with Crippen LogP contribution >= 0.6 is 0 Å². The average molecular weight is 263 g/mol. The Labute approximate surface area is 111 Å². The summed E-state index contributed by atoms with van der Waals surface area (Å²) in [7, 11) is 0. The third-order valence-electron chi connectivity index (χ3n) is 3.20. The molecule has 0 aliphatic carbocycles. The number of rotatable bonds is 4. The first-order chi connectivity index (χ1) is 9.22. The Morgan fingerprint density at radius 2 is 2.05 bits per heavy atom. The van der Waals surface area contributed by atoms with E-state index in [9.17, 15) is 9.59 Å². The molecule has 1 aromatic rings. The molecule has 1 aliphatic rings. The van der Waals surface area contributed by atoms with Crippen LogP contribution in [0.5, 0.6) is 0 Å². The van der Waals surface area contributed by atoms with Gasteiger partial charge in [-0.05, 0) is 18.4 Å². The van der Waals surface area contributed by atoms with Gasteiger partial charge >= 0.3 is 5.97 Å². The Balaban J connectivity index is 1.90. The van der Waals surface area contributed by atoms with Crippen molar-refractivity contribution in [2.45, 2.75) is 25.5 Å². The molecule has 1 aliphatic heterocycles. The normalized spacial score (nSPS) is 18.4. The number of carbonyl (C=O) groups excluding carboxylic acids is 2. The summed E-state index contributed by atoms with van der Waals surface area (Å²) in [4.78, 5) is 24.8. The summed E-state index contributed by atoms with van der Waals surface area (Å²) >= 11 is 0. The summed E-state index contributed by atoms with van der Waals surface area (Å²) in [5, 5.41) is 8.86. The number of aliphatic hydroxyl groups excluding tert-OH is 1. The smallest absolute Gasteiger partial charge is 0.329 e. The van der Waals surface area contributed by atoms with Gasteiger partial charge in [-0.3, -0.25) is 4.79 Å². The molecule has 102 valence electrons. The number of esters is 1. The molecule has 1 aromatic carbocycles. The highest BCUT2D eigenvalue weighted by atomic mass is 16.5. The molecule has 5 heteroatoms. The molecule has 0 radical (unpaired) electrons. The van der Waals surface area contributed by atoms with Gasteiger partial charge in [-0.25, -0.2) is 4.79 Å². The van der Waals surface area contributed by atoms with E-state index in [1.807, 2.05) is 30.3 Å². The molecule has 0 spiro atoms. The molecule has 1 N–H and O–H groups in total. The van der Waals surface area contributed by atoms with E-state index in [0.29, 0.717) is 13.0 Å². The fraction of sp³-hybridized carbons (Fsp3) is 0.429. The summed E-state index contributed by atoms with van der Waals surface area (Å²) in [5.74, 6) is -0.817. The van der Waals surface area contributed by atoms with Crippen molar-refractivity contribution < 1.29 is 19.4 Å². The number of hydrogen-bond donors (Lipinski definition) is 1. The van der Waals surface area contributed by atoms with Crippen molar-refractivity contribution >= 4 is 11.9 Å². The van der Waals surface area contributed by atoms with Crippen LogP contribution in [0.4, 0.5) is 0 Å². The van der Waals surface area contributed by atoms with Crippen LogP contribution in [0.25, 0.3) is 0 Å². The van der Waals surface area contributed by atoms with Crippen LogP contribution in [0.1, 0.15) is 18.4 Å². The number of carbonyl (C=O) groups is 2. The quantitative estimate of drug-likeness (QED) is 0.813. The molecule has 5 nitrogen and oxygen atoms in total. The molecule has 1 fully saturated rings. The summed E-state index contributed by atoms with van der Waals surface area (Å²) in [6, 6.07) is 8.84. The lowest BCUT2D eigenvalue weighted by molar-refractivity contribution is -0.155. The van der Waals surface area contributed by atoms with Gasteiger partial charge in [0.1, 0.15) is 19.3 Å². The van der Waals surface area contributed by atoms with Gasteiger partial charge in [0, 0.05) is 6.54 Å². The molecule has 2 rings (SSSR count). The Hall–Kier alpha value is -1.88. The number of benzene rings is 1. The number of hydrogen-bond acceptors (Lipinski definition) is 4. The molecule has 1 amide bonds. The standard InChI is InChI=1S/C14H17NO4/c16-9-13(17)15-8-4-7-12(15)14(18)19-10-11-5-2-1-3-6-11/h1-3,5-6,12,16H,4,7-10H2/t12-/m0/s1. The molecule has 1 heterocycles. The highest BCUT2D eigenvalue weighted by molar-refractivity contribution is 5.85. The predicted octanol–water partition coefficient (Wildman–Crippen LogP) is 0.713. The first kappa shape index (κ1) is 13.5. The van der Waals surface area contributed by atoms with Gasteiger partial charge < -0.3 is 14.7 Å². The summed E-state index contributed by atoms with van der Waals surface area (Å²) in [5.41, 5.74) is 0.911. The van der Waals surface area contributed by atoms with Crippen LogP contribution in [0.2, 0.25) is 0 Å². The molecule has 19 heavy (non-hydrogen) atoms. The van der Waals surface area contributed by atoms with Crippen molar-refractivity contribution in [2.24, 2.45) is 0 Å². The Kier molecular flexibility index (Phi) is 4.52. The molecule has 0 saturated carbocycles. The van der Waals surface area contributed by atoms with Gasteiger partial charge in [0.05, 0.1) is 0 Å². The maximum Gasteiger partial charge on any atom is 0.329 e. The summed E-state index contributed by atoms with van der Waals surface area (Å²) in [6.07, 6.45) is 1.36. The number of aliphatic hydroxyl groups is 1. The van der Waals surface area contributed by atoms with Crippen molar-refractivity contribution in [1.29, 1.82) is 0 Å². The van der Waals surface area contributed by atoms with Crippen molar-refractivity contribution in [3.05, 3.63) is 35.9 Å².